The highest BCUT2D eigenvalue weighted by molar-refractivity contribution is 5.81. The van der Waals surface area contributed by atoms with Crippen LogP contribution in [0, 0.1) is 0 Å². The van der Waals surface area contributed by atoms with Crippen molar-refractivity contribution in [1.29, 1.82) is 0 Å². The second-order valence-corrected chi connectivity index (χ2v) is 5.31. The molecule has 7 heteroatoms. The minimum Gasteiger partial charge on any atom is -0.480 e. The summed E-state index contributed by atoms with van der Waals surface area (Å²) in [5.41, 5.74) is -0.881. The van der Waals surface area contributed by atoms with Gasteiger partial charge in [-0.3, -0.25) is 4.79 Å². The SMILES string of the molecule is CC(Oc1ccccc1C(F)(F)F)C(=O)NC1CCCNC1. The van der Waals surface area contributed by atoms with Crippen molar-refractivity contribution in [2.24, 2.45) is 0 Å². The lowest BCUT2D eigenvalue weighted by molar-refractivity contribution is -0.140. The molecule has 0 radical (unpaired) electrons. The molecular formula is C15H19F3N2O2. The quantitative estimate of drug-likeness (QED) is 0.896. The van der Waals surface area contributed by atoms with Gasteiger partial charge in [-0.1, -0.05) is 12.1 Å². The molecule has 2 unspecified atom stereocenters. The van der Waals surface area contributed by atoms with Gasteiger partial charge in [0.1, 0.15) is 5.75 Å². The van der Waals surface area contributed by atoms with Crippen molar-refractivity contribution in [3.63, 3.8) is 0 Å². The van der Waals surface area contributed by atoms with Crippen molar-refractivity contribution in [3.05, 3.63) is 29.8 Å². The van der Waals surface area contributed by atoms with E-state index in [1.54, 1.807) is 0 Å². The predicted molar refractivity (Wildman–Crippen MR) is 75.6 cm³/mol. The Hall–Kier alpha value is -1.76. The molecular weight excluding hydrogens is 297 g/mol. The lowest BCUT2D eigenvalue weighted by Crippen LogP contribution is -2.49. The summed E-state index contributed by atoms with van der Waals surface area (Å²) in [6.45, 7) is 3.02. The van der Waals surface area contributed by atoms with E-state index >= 15 is 0 Å². The molecule has 1 amide bonds. The Bertz CT molecular complexity index is 514. The maximum absolute atomic E-state index is 12.9. The predicted octanol–water partition coefficient (Wildman–Crippen LogP) is 2.34. The molecule has 1 aliphatic heterocycles. The monoisotopic (exact) mass is 316 g/mol. The lowest BCUT2D eigenvalue weighted by Gasteiger charge is -2.25. The lowest BCUT2D eigenvalue weighted by atomic mass is 10.1. The Kier molecular flexibility index (Phi) is 5.28. The Balaban J connectivity index is 1.99. The molecule has 2 atom stereocenters. The van der Waals surface area contributed by atoms with Crippen LogP contribution in [0.5, 0.6) is 5.75 Å². The molecule has 1 aliphatic rings. The van der Waals surface area contributed by atoms with E-state index in [4.69, 9.17) is 4.74 Å². The van der Waals surface area contributed by atoms with Gasteiger partial charge in [-0.15, -0.1) is 0 Å². The summed E-state index contributed by atoms with van der Waals surface area (Å²) in [6.07, 6.45) is -3.70. The molecule has 2 N–H and O–H groups in total. The van der Waals surface area contributed by atoms with E-state index in [1.807, 2.05) is 0 Å². The van der Waals surface area contributed by atoms with Crippen molar-refractivity contribution in [3.8, 4) is 5.75 Å². The molecule has 1 heterocycles. The zero-order valence-electron chi connectivity index (χ0n) is 12.2. The zero-order chi connectivity index (χ0) is 16.2. The van der Waals surface area contributed by atoms with Gasteiger partial charge >= 0.3 is 6.18 Å². The Morgan fingerprint density at radius 1 is 1.41 bits per heavy atom. The van der Waals surface area contributed by atoms with Crippen LogP contribution < -0.4 is 15.4 Å². The van der Waals surface area contributed by atoms with Gasteiger partial charge in [0.2, 0.25) is 0 Å². The van der Waals surface area contributed by atoms with Crippen molar-refractivity contribution >= 4 is 5.91 Å². The van der Waals surface area contributed by atoms with Gasteiger partial charge < -0.3 is 15.4 Å². The highest BCUT2D eigenvalue weighted by Crippen LogP contribution is 2.36. The fourth-order valence-corrected chi connectivity index (χ4v) is 2.34. The minimum atomic E-state index is -4.51. The number of alkyl halides is 3. The summed E-state index contributed by atoms with van der Waals surface area (Å²) in [6, 6.07) is 4.87. The van der Waals surface area contributed by atoms with Gasteiger partial charge in [0.05, 0.1) is 5.56 Å². The van der Waals surface area contributed by atoms with E-state index in [-0.39, 0.29) is 11.8 Å². The normalized spacial score (nSPS) is 20.3. The molecule has 1 aromatic rings. The number of amides is 1. The van der Waals surface area contributed by atoms with Crippen molar-refractivity contribution in [2.75, 3.05) is 13.1 Å². The molecule has 1 saturated heterocycles. The smallest absolute Gasteiger partial charge is 0.419 e. The van der Waals surface area contributed by atoms with E-state index in [2.05, 4.69) is 10.6 Å². The number of rotatable bonds is 4. The third-order valence-corrected chi connectivity index (χ3v) is 3.51. The standard InChI is InChI=1S/C15H19F3N2O2/c1-10(14(21)20-11-5-4-8-19-9-11)22-13-7-3-2-6-12(13)15(16,17)18/h2-3,6-7,10-11,19H,4-5,8-9H2,1H3,(H,20,21). The van der Waals surface area contributed by atoms with Crippen LogP contribution >= 0.6 is 0 Å². The van der Waals surface area contributed by atoms with Crippen LogP contribution in [-0.2, 0) is 11.0 Å². The molecule has 0 bridgehead atoms. The third-order valence-electron chi connectivity index (χ3n) is 3.51. The summed E-state index contributed by atoms with van der Waals surface area (Å²) < 4.78 is 43.9. The highest BCUT2D eigenvalue weighted by atomic mass is 19.4. The first-order valence-electron chi connectivity index (χ1n) is 7.22. The number of carbonyl (C=O) groups excluding carboxylic acids is 1. The third kappa shape index (κ3) is 4.37. The maximum Gasteiger partial charge on any atom is 0.419 e. The van der Waals surface area contributed by atoms with E-state index in [0.717, 1.165) is 25.5 Å². The second-order valence-electron chi connectivity index (χ2n) is 5.31. The fourth-order valence-electron chi connectivity index (χ4n) is 2.34. The maximum atomic E-state index is 12.9. The van der Waals surface area contributed by atoms with Crippen molar-refractivity contribution < 1.29 is 22.7 Å². The molecule has 0 aromatic heterocycles. The number of halogens is 3. The average Bonchev–Trinajstić information content (AvgIpc) is 2.47. The Labute approximate surface area is 127 Å². The first-order chi connectivity index (χ1) is 10.4. The number of nitrogens with one attached hydrogen (secondary N) is 2. The first-order valence-corrected chi connectivity index (χ1v) is 7.22. The molecule has 1 aromatic carbocycles. The zero-order valence-corrected chi connectivity index (χ0v) is 12.2. The van der Waals surface area contributed by atoms with E-state index in [0.29, 0.717) is 6.54 Å². The summed E-state index contributed by atoms with van der Waals surface area (Å²) in [7, 11) is 0. The number of benzene rings is 1. The van der Waals surface area contributed by atoms with Crippen LogP contribution in [0.3, 0.4) is 0 Å². The molecule has 0 saturated carbocycles. The topological polar surface area (TPSA) is 50.4 Å². The molecule has 122 valence electrons. The van der Waals surface area contributed by atoms with Crippen molar-refractivity contribution in [1.82, 2.24) is 10.6 Å². The van der Waals surface area contributed by atoms with Gasteiger partial charge in [-0.2, -0.15) is 13.2 Å². The van der Waals surface area contributed by atoms with Gasteiger partial charge in [0, 0.05) is 12.6 Å². The van der Waals surface area contributed by atoms with Gasteiger partial charge in [0.25, 0.3) is 5.91 Å². The molecule has 2 rings (SSSR count). The molecule has 1 fully saturated rings. The number of ether oxygens (including phenoxy) is 1. The van der Waals surface area contributed by atoms with Gasteiger partial charge in [-0.05, 0) is 38.4 Å². The summed E-state index contributed by atoms with van der Waals surface area (Å²) >= 11 is 0. The van der Waals surface area contributed by atoms with Crippen LogP contribution in [-0.4, -0.2) is 31.1 Å². The Morgan fingerprint density at radius 2 is 2.14 bits per heavy atom. The molecule has 0 spiro atoms. The Morgan fingerprint density at radius 3 is 2.77 bits per heavy atom. The van der Waals surface area contributed by atoms with Crippen molar-refractivity contribution in [2.45, 2.75) is 38.1 Å². The van der Waals surface area contributed by atoms with Crippen LogP contribution in [0.1, 0.15) is 25.3 Å². The number of piperidine rings is 1. The van der Waals surface area contributed by atoms with Crippen LogP contribution in [0.15, 0.2) is 24.3 Å². The summed E-state index contributed by atoms with van der Waals surface area (Å²) in [4.78, 5) is 12.0. The number of hydrogen-bond acceptors (Lipinski definition) is 3. The molecule has 22 heavy (non-hydrogen) atoms. The second kappa shape index (κ2) is 7.00. The minimum absolute atomic E-state index is 0.00911. The molecule has 4 nitrogen and oxygen atoms in total. The van der Waals surface area contributed by atoms with E-state index in [1.165, 1.54) is 25.1 Å². The number of hydrogen-bond donors (Lipinski definition) is 2. The summed E-state index contributed by atoms with van der Waals surface area (Å²) in [5, 5.41) is 5.94. The van der Waals surface area contributed by atoms with Crippen LogP contribution in [0.25, 0.3) is 0 Å². The van der Waals surface area contributed by atoms with Gasteiger partial charge in [-0.25, -0.2) is 0 Å². The first kappa shape index (κ1) is 16.6. The van der Waals surface area contributed by atoms with Crippen LogP contribution in [0.2, 0.25) is 0 Å². The fraction of sp³-hybridized carbons (Fsp3) is 0.533. The summed E-state index contributed by atoms with van der Waals surface area (Å²) in [5.74, 6) is -0.745. The van der Waals surface area contributed by atoms with Gasteiger partial charge in [0.15, 0.2) is 6.10 Å². The largest absolute Gasteiger partial charge is 0.480 e. The number of carbonyl (C=O) groups is 1. The van der Waals surface area contributed by atoms with E-state index < -0.39 is 23.8 Å². The molecule has 0 aliphatic carbocycles. The van der Waals surface area contributed by atoms with Crippen LogP contribution in [0.4, 0.5) is 13.2 Å². The highest BCUT2D eigenvalue weighted by Gasteiger charge is 2.35. The van der Waals surface area contributed by atoms with E-state index in [9.17, 15) is 18.0 Å². The average molecular weight is 316 g/mol. The number of para-hydroxylation sites is 1.